The Kier molecular flexibility index (Phi) is 10.7. The number of piperidine rings is 1. The lowest BCUT2D eigenvalue weighted by Crippen LogP contribution is -2.76. The van der Waals surface area contributed by atoms with Crippen LogP contribution in [0.25, 0.3) is 0 Å². The highest BCUT2D eigenvalue weighted by Crippen LogP contribution is 2.35. The Labute approximate surface area is 297 Å². The van der Waals surface area contributed by atoms with Crippen LogP contribution in [-0.4, -0.2) is 95.7 Å². The maximum Gasteiger partial charge on any atom is 0.246 e. The summed E-state index contributed by atoms with van der Waals surface area (Å²) in [6, 6.07) is 19.7. The number of likely N-dealkylation sites (tertiary alicyclic amines) is 1. The standard InChI is InChI=1S/C35H40Cl3N5O4S/c1-23(2)41-22-33-42(48(46,47)32-13-12-27(37)19-29(32)38)21-30(39-28-14-16-40(17-15-28)20-25-6-4-3-5-7-25)34(44)43(33)31(35(41)45)18-24-8-10-26(36)11-9-24/h3-13,19,23,28,30-31,33,39H,14-18,20-22H2,1-2H3. The van der Waals surface area contributed by atoms with Gasteiger partial charge in [-0.2, -0.15) is 4.31 Å². The maximum absolute atomic E-state index is 14.5. The minimum Gasteiger partial charge on any atom is -0.335 e. The topological polar surface area (TPSA) is 93.3 Å². The molecular weight excluding hydrogens is 693 g/mol. The number of hydrogen-bond donors (Lipinski definition) is 1. The van der Waals surface area contributed by atoms with Gasteiger partial charge in [-0.3, -0.25) is 14.5 Å². The first-order valence-corrected chi connectivity index (χ1v) is 18.9. The number of amides is 2. The average Bonchev–Trinajstić information content (AvgIpc) is 3.05. The molecule has 3 fully saturated rings. The van der Waals surface area contributed by atoms with Crippen LogP contribution in [0.2, 0.25) is 15.1 Å². The first-order chi connectivity index (χ1) is 22.9. The van der Waals surface area contributed by atoms with Crippen LogP contribution in [0.5, 0.6) is 0 Å². The number of nitrogens with one attached hydrogen (secondary N) is 1. The second-order valence-electron chi connectivity index (χ2n) is 13.1. The highest BCUT2D eigenvalue weighted by atomic mass is 35.5. The molecule has 6 rings (SSSR count). The van der Waals surface area contributed by atoms with Crippen molar-refractivity contribution >= 4 is 56.6 Å². The maximum atomic E-state index is 14.5. The fraction of sp³-hybridized carbons (Fsp3) is 0.429. The number of rotatable bonds is 9. The minimum absolute atomic E-state index is 0.00596. The van der Waals surface area contributed by atoms with Crippen LogP contribution in [0, 0.1) is 0 Å². The van der Waals surface area contributed by atoms with Gasteiger partial charge in [0.15, 0.2) is 0 Å². The van der Waals surface area contributed by atoms with E-state index in [1.165, 1.54) is 33.0 Å². The Morgan fingerprint density at radius 2 is 1.50 bits per heavy atom. The molecule has 0 aliphatic carbocycles. The van der Waals surface area contributed by atoms with Gasteiger partial charge in [0.2, 0.25) is 21.8 Å². The predicted molar refractivity (Wildman–Crippen MR) is 188 cm³/mol. The molecule has 3 aromatic rings. The molecule has 256 valence electrons. The number of carbonyl (C=O) groups is 2. The molecule has 0 aromatic heterocycles. The summed E-state index contributed by atoms with van der Waals surface area (Å²) in [6.45, 7) is 6.24. The Bertz CT molecular complexity index is 1740. The van der Waals surface area contributed by atoms with Crippen molar-refractivity contribution in [3.63, 3.8) is 0 Å². The molecule has 3 heterocycles. The molecule has 48 heavy (non-hydrogen) atoms. The zero-order chi connectivity index (χ0) is 34.2. The van der Waals surface area contributed by atoms with Crippen LogP contribution in [0.3, 0.4) is 0 Å². The van der Waals surface area contributed by atoms with E-state index in [0.717, 1.165) is 38.0 Å². The molecule has 0 radical (unpaired) electrons. The highest BCUT2D eigenvalue weighted by Gasteiger charge is 2.54. The van der Waals surface area contributed by atoms with E-state index in [9.17, 15) is 18.0 Å². The molecule has 0 saturated carbocycles. The lowest BCUT2D eigenvalue weighted by molar-refractivity contribution is -0.169. The van der Waals surface area contributed by atoms with E-state index < -0.39 is 28.3 Å². The van der Waals surface area contributed by atoms with E-state index in [1.807, 2.05) is 44.2 Å². The van der Waals surface area contributed by atoms with Gasteiger partial charge < -0.3 is 15.1 Å². The number of hydrogen-bond acceptors (Lipinski definition) is 6. The fourth-order valence-electron chi connectivity index (χ4n) is 7.03. The van der Waals surface area contributed by atoms with E-state index in [1.54, 1.807) is 17.0 Å². The molecule has 3 aromatic carbocycles. The number of halogens is 3. The number of sulfonamides is 1. The zero-order valence-electron chi connectivity index (χ0n) is 26.9. The molecule has 0 spiro atoms. The van der Waals surface area contributed by atoms with Crippen LogP contribution in [0.1, 0.15) is 37.8 Å². The Hall–Kier alpha value is -2.70. The third-order valence-electron chi connectivity index (χ3n) is 9.55. The zero-order valence-corrected chi connectivity index (χ0v) is 30.0. The van der Waals surface area contributed by atoms with E-state index >= 15 is 0 Å². The van der Waals surface area contributed by atoms with E-state index in [0.29, 0.717) is 10.0 Å². The number of piperazine rings is 1. The van der Waals surface area contributed by atoms with Crippen molar-refractivity contribution in [3.8, 4) is 0 Å². The third kappa shape index (κ3) is 7.40. The molecule has 0 bridgehead atoms. The van der Waals surface area contributed by atoms with Gasteiger partial charge in [0.25, 0.3) is 0 Å². The SMILES string of the molecule is CC(C)N1CC2N(C(=O)C(NC3CCN(Cc4ccccc4)CC3)CN2S(=O)(=O)c2ccc(Cl)cc2Cl)C(Cc2ccc(Cl)cc2)C1=O. The molecule has 3 unspecified atom stereocenters. The van der Waals surface area contributed by atoms with Crippen LogP contribution in [0.4, 0.5) is 0 Å². The Balaban J connectivity index is 1.32. The second kappa shape index (κ2) is 14.6. The first-order valence-electron chi connectivity index (χ1n) is 16.3. The number of fused-ring (bicyclic) bond motifs is 1. The van der Waals surface area contributed by atoms with Gasteiger partial charge in [0, 0.05) is 41.6 Å². The molecule has 3 aliphatic heterocycles. The van der Waals surface area contributed by atoms with Gasteiger partial charge in [-0.15, -0.1) is 0 Å². The van der Waals surface area contributed by atoms with Crippen LogP contribution < -0.4 is 5.32 Å². The molecule has 9 nitrogen and oxygen atoms in total. The molecule has 1 N–H and O–H groups in total. The third-order valence-corrected chi connectivity index (χ3v) is 12.4. The molecule has 3 aliphatic rings. The van der Waals surface area contributed by atoms with E-state index in [-0.39, 0.29) is 53.3 Å². The second-order valence-corrected chi connectivity index (χ2v) is 16.2. The normalized spacial score (nSPS) is 23.2. The summed E-state index contributed by atoms with van der Waals surface area (Å²) in [7, 11) is -4.24. The fourth-order valence-corrected chi connectivity index (χ4v) is 9.49. The lowest BCUT2D eigenvalue weighted by atomic mass is 9.95. The Morgan fingerprint density at radius 1 is 0.833 bits per heavy atom. The summed E-state index contributed by atoms with van der Waals surface area (Å²) in [5, 5.41) is 4.38. The molecule has 3 atom stereocenters. The molecular formula is C35H40Cl3N5O4S. The van der Waals surface area contributed by atoms with Gasteiger partial charge in [-0.05, 0) is 81.2 Å². The van der Waals surface area contributed by atoms with Gasteiger partial charge in [-0.25, -0.2) is 8.42 Å². The van der Waals surface area contributed by atoms with Crippen molar-refractivity contribution in [2.45, 2.75) is 74.9 Å². The van der Waals surface area contributed by atoms with Crippen molar-refractivity contribution < 1.29 is 18.0 Å². The van der Waals surface area contributed by atoms with Crippen molar-refractivity contribution in [2.75, 3.05) is 26.2 Å². The van der Waals surface area contributed by atoms with Crippen molar-refractivity contribution in [1.29, 1.82) is 0 Å². The predicted octanol–water partition coefficient (Wildman–Crippen LogP) is 5.29. The Morgan fingerprint density at radius 3 is 2.15 bits per heavy atom. The van der Waals surface area contributed by atoms with Crippen LogP contribution in [-0.2, 0) is 32.6 Å². The van der Waals surface area contributed by atoms with E-state index in [2.05, 4.69) is 22.3 Å². The molecule has 13 heteroatoms. The van der Waals surface area contributed by atoms with Gasteiger partial charge in [0.1, 0.15) is 23.1 Å². The highest BCUT2D eigenvalue weighted by molar-refractivity contribution is 7.89. The molecule has 3 saturated heterocycles. The van der Waals surface area contributed by atoms with Gasteiger partial charge in [0.05, 0.1) is 11.6 Å². The number of benzene rings is 3. The van der Waals surface area contributed by atoms with Crippen molar-refractivity contribution in [1.82, 2.24) is 24.3 Å². The molecule has 2 amide bonds. The van der Waals surface area contributed by atoms with Gasteiger partial charge >= 0.3 is 0 Å². The average molecular weight is 733 g/mol. The quantitative estimate of drug-likeness (QED) is 0.322. The summed E-state index contributed by atoms with van der Waals surface area (Å²) in [4.78, 5) is 34.1. The van der Waals surface area contributed by atoms with Crippen molar-refractivity contribution in [3.05, 3.63) is 99.0 Å². The summed E-state index contributed by atoms with van der Waals surface area (Å²) in [5.41, 5.74) is 2.06. The first kappa shape index (κ1) is 35.1. The summed E-state index contributed by atoms with van der Waals surface area (Å²) >= 11 is 18.8. The van der Waals surface area contributed by atoms with Gasteiger partial charge in [-0.1, -0.05) is 77.3 Å². The van der Waals surface area contributed by atoms with E-state index in [4.69, 9.17) is 34.8 Å². The number of carbonyl (C=O) groups excluding carboxylic acids is 2. The summed E-state index contributed by atoms with van der Waals surface area (Å²) < 4.78 is 30.4. The van der Waals surface area contributed by atoms with Crippen LogP contribution >= 0.6 is 34.8 Å². The smallest absolute Gasteiger partial charge is 0.246 e. The summed E-state index contributed by atoms with van der Waals surface area (Å²) in [6.07, 6.45) is 0.868. The largest absolute Gasteiger partial charge is 0.335 e. The monoisotopic (exact) mass is 731 g/mol. The van der Waals surface area contributed by atoms with Crippen molar-refractivity contribution in [2.24, 2.45) is 0 Å². The summed E-state index contributed by atoms with van der Waals surface area (Å²) in [5.74, 6) is -0.502. The number of nitrogens with zero attached hydrogens (tertiary/aromatic N) is 4. The minimum atomic E-state index is -4.24. The van der Waals surface area contributed by atoms with Crippen LogP contribution in [0.15, 0.2) is 77.7 Å². The lowest BCUT2D eigenvalue weighted by Gasteiger charge is -2.54.